The molecule has 0 spiro atoms. The molecule has 2 saturated carbocycles. The molecule has 3 aromatic carbocycles. The summed E-state index contributed by atoms with van der Waals surface area (Å²) in [6.45, 7) is -0.303. The third kappa shape index (κ3) is 5.44. The molecule has 2 aliphatic carbocycles. The number of carbonyl (C=O) groups is 3. The second-order valence-corrected chi connectivity index (χ2v) is 15.9. The number of fused-ring (bicyclic) bond motifs is 9. The van der Waals surface area contributed by atoms with Crippen LogP contribution in [0.5, 0.6) is 11.5 Å². The molecule has 3 amide bonds. The van der Waals surface area contributed by atoms with Crippen molar-refractivity contribution in [3.05, 3.63) is 96.9 Å². The summed E-state index contributed by atoms with van der Waals surface area (Å²) in [5.74, 6) is -2.82. The minimum atomic E-state index is -4.63. The summed E-state index contributed by atoms with van der Waals surface area (Å²) < 4.78 is 52.8. The van der Waals surface area contributed by atoms with Crippen molar-refractivity contribution < 1.29 is 37.0 Å². The second-order valence-electron chi connectivity index (χ2n) is 12.8. The lowest BCUT2D eigenvalue weighted by Gasteiger charge is -2.43. The zero-order valence-corrected chi connectivity index (χ0v) is 29.3. The summed E-state index contributed by atoms with van der Waals surface area (Å²) >= 11 is 6.15. The molecule has 4 aliphatic rings. The van der Waals surface area contributed by atoms with Crippen LogP contribution in [0.15, 0.2) is 81.0 Å². The first-order valence-electron chi connectivity index (χ1n) is 15.7. The maximum Gasteiger partial charge on any atom is 0.416 e. The van der Waals surface area contributed by atoms with Gasteiger partial charge in [-0.15, -0.1) is 11.8 Å². The van der Waals surface area contributed by atoms with Gasteiger partial charge in [0, 0.05) is 31.8 Å². The first kappa shape index (κ1) is 33.1. The highest BCUT2D eigenvalue weighted by atomic mass is 79.9. The van der Waals surface area contributed by atoms with E-state index < -0.39 is 41.3 Å². The Morgan fingerprint density at radius 3 is 2.48 bits per heavy atom. The third-order valence-corrected chi connectivity index (χ3v) is 13.3. The fourth-order valence-corrected chi connectivity index (χ4v) is 11.6. The summed E-state index contributed by atoms with van der Waals surface area (Å²) in [7, 11) is 1.55. The number of alkyl halides is 3. The van der Waals surface area contributed by atoms with Gasteiger partial charge in [0.05, 0.1) is 35.2 Å². The Hall–Kier alpha value is -4.08. The SMILES string of the molecule is COc1ccc(NC(=O)COc2ccc(Br)cc2[C@@H]2c3sc(=O)[nH]c3S[C@@H]3[C@@H]4C[C@@H]([C@@H]5C(=O)N(c6cccc(C(F)(F)F)c6)C(=O)[C@@H]45)[C@H]23)cc1. The van der Waals surface area contributed by atoms with Gasteiger partial charge in [0.1, 0.15) is 11.5 Å². The number of aromatic nitrogens is 1. The largest absolute Gasteiger partial charge is 0.497 e. The molecule has 0 unspecified atom stereocenters. The zero-order chi connectivity index (χ0) is 35.1. The predicted molar refractivity (Wildman–Crippen MR) is 184 cm³/mol. The van der Waals surface area contributed by atoms with Gasteiger partial charge in [-0.25, -0.2) is 0 Å². The normalized spacial score (nSPS) is 26.4. The van der Waals surface area contributed by atoms with E-state index in [0.29, 0.717) is 28.6 Å². The van der Waals surface area contributed by atoms with Gasteiger partial charge in [0.15, 0.2) is 6.61 Å². The number of carbonyl (C=O) groups excluding carboxylic acids is 3. The van der Waals surface area contributed by atoms with Crippen LogP contribution < -0.4 is 24.6 Å². The molecule has 1 aromatic heterocycles. The number of rotatable bonds is 7. The molecular weight excluding hydrogens is 759 g/mol. The summed E-state index contributed by atoms with van der Waals surface area (Å²) in [5, 5.41) is 3.33. The van der Waals surface area contributed by atoms with E-state index in [1.807, 2.05) is 6.07 Å². The minimum absolute atomic E-state index is 0.0881. The Balaban J connectivity index is 1.12. The molecule has 50 heavy (non-hydrogen) atoms. The van der Waals surface area contributed by atoms with Crippen molar-refractivity contribution in [2.75, 3.05) is 23.9 Å². The van der Waals surface area contributed by atoms with Crippen LogP contribution in [-0.2, 0) is 20.6 Å². The number of halogens is 4. The van der Waals surface area contributed by atoms with Gasteiger partial charge in [-0.3, -0.25) is 24.1 Å². The Kier molecular flexibility index (Phi) is 8.14. The average molecular weight is 787 g/mol. The fraction of sp³-hybridized carbons (Fsp3) is 0.314. The summed E-state index contributed by atoms with van der Waals surface area (Å²) in [5.41, 5.74) is 0.262. The smallest absolute Gasteiger partial charge is 0.416 e. The van der Waals surface area contributed by atoms with Crippen molar-refractivity contribution in [2.24, 2.45) is 29.6 Å². The lowest BCUT2D eigenvalue weighted by atomic mass is 9.68. The highest BCUT2D eigenvalue weighted by Gasteiger charge is 2.70. The molecule has 4 aromatic rings. The molecule has 8 rings (SSSR count). The predicted octanol–water partition coefficient (Wildman–Crippen LogP) is 6.92. The second kappa shape index (κ2) is 12.3. The monoisotopic (exact) mass is 785 g/mol. The molecule has 15 heteroatoms. The molecule has 3 fully saturated rings. The summed E-state index contributed by atoms with van der Waals surface area (Å²) in [6, 6.07) is 16.6. The lowest BCUT2D eigenvalue weighted by Crippen LogP contribution is -2.42. The Labute approximate surface area is 299 Å². The third-order valence-electron chi connectivity index (χ3n) is 10.2. The zero-order valence-electron chi connectivity index (χ0n) is 26.0. The van der Waals surface area contributed by atoms with E-state index in [1.54, 1.807) is 43.5 Å². The number of amides is 3. The topological polar surface area (TPSA) is 118 Å². The number of anilines is 2. The molecule has 2 aliphatic heterocycles. The van der Waals surface area contributed by atoms with Crippen LogP contribution in [0.3, 0.4) is 0 Å². The van der Waals surface area contributed by atoms with E-state index >= 15 is 0 Å². The van der Waals surface area contributed by atoms with Crippen molar-refractivity contribution in [1.82, 2.24) is 4.98 Å². The van der Waals surface area contributed by atoms with Crippen LogP contribution >= 0.6 is 39.0 Å². The Morgan fingerprint density at radius 1 is 1.02 bits per heavy atom. The molecule has 258 valence electrons. The molecule has 2 bridgehead atoms. The number of benzene rings is 3. The standard InChI is InChI=1S/C35H27BrF3N3O6S2/c1-47-19-8-6-17(7-9-19)40-24(43)14-48-23-10-5-16(36)12-20(23)25-26-21-13-22(29(26)49-31-30(25)50-34(46)41-31)28-27(21)32(44)42(33(28)45)18-4-2-3-15(11-18)35(37,38)39/h2-12,21-22,25-29H,13-14H2,1H3,(H,40,43)(H,41,46)/t21-,22-,25+,26-,27+,28+,29-/m1/s1. The van der Waals surface area contributed by atoms with Crippen LogP contribution in [0.25, 0.3) is 0 Å². The van der Waals surface area contributed by atoms with Crippen molar-refractivity contribution in [1.29, 1.82) is 0 Å². The van der Waals surface area contributed by atoms with Gasteiger partial charge in [0.2, 0.25) is 11.8 Å². The van der Waals surface area contributed by atoms with E-state index in [4.69, 9.17) is 9.47 Å². The molecule has 9 nitrogen and oxygen atoms in total. The fourth-order valence-electron chi connectivity index (χ4n) is 8.35. The molecule has 0 radical (unpaired) electrons. The Bertz CT molecular complexity index is 2100. The highest BCUT2D eigenvalue weighted by Crippen LogP contribution is 2.69. The Morgan fingerprint density at radius 2 is 1.76 bits per heavy atom. The van der Waals surface area contributed by atoms with Crippen LogP contribution in [0.1, 0.15) is 28.3 Å². The number of methoxy groups -OCH3 is 1. The number of nitrogens with zero attached hydrogens (tertiary/aromatic N) is 1. The van der Waals surface area contributed by atoms with Gasteiger partial charge >= 0.3 is 11.0 Å². The molecular formula is C35H27BrF3N3O6S2. The van der Waals surface area contributed by atoms with E-state index in [1.165, 1.54) is 23.9 Å². The number of thiazole rings is 1. The van der Waals surface area contributed by atoms with Gasteiger partial charge in [-0.05, 0) is 84.8 Å². The lowest BCUT2D eigenvalue weighted by molar-refractivity contribution is -0.137. The first-order chi connectivity index (χ1) is 23.9. The minimum Gasteiger partial charge on any atom is -0.497 e. The van der Waals surface area contributed by atoms with Gasteiger partial charge in [0.25, 0.3) is 5.91 Å². The maximum absolute atomic E-state index is 14.1. The maximum atomic E-state index is 14.1. The number of nitrogens with one attached hydrogen (secondary N) is 2. The first-order valence-corrected chi connectivity index (χ1v) is 18.2. The number of aromatic amines is 1. The highest BCUT2D eigenvalue weighted by molar-refractivity contribution is 9.10. The number of hydrogen-bond acceptors (Lipinski definition) is 8. The number of hydrogen-bond donors (Lipinski definition) is 2. The van der Waals surface area contributed by atoms with Crippen LogP contribution in [0, 0.1) is 29.6 Å². The van der Waals surface area contributed by atoms with Crippen LogP contribution in [-0.4, -0.2) is 41.7 Å². The van der Waals surface area contributed by atoms with E-state index in [-0.39, 0.29) is 46.1 Å². The van der Waals surface area contributed by atoms with Gasteiger partial charge in [-0.1, -0.05) is 33.3 Å². The molecule has 7 atom stereocenters. The molecule has 1 saturated heterocycles. The van der Waals surface area contributed by atoms with Crippen LogP contribution in [0.4, 0.5) is 24.5 Å². The number of imide groups is 1. The number of thioether (sulfide) groups is 1. The van der Waals surface area contributed by atoms with E-state index in [2.05, 4.69) is 26.2 Å². The van der Waals surface area contributed by atoms with Gasteiger partial charge in [-0.2, -0.15) is 13.2 Å². The average Bonchev–Trinajstić information content (AvgIpc) is 3.82. The molecule has 3 heterocycles. The van der Waals surface area contributed by atoms with Crippen LogP contribution in [0.2, 0.25) is 0 Å². The van der Waals surface area contributed by atoms with Crippen molar-refractivity contribution in [3.63, 3.8) is 0 Å². The van der Waals surface area contributed by atoms with Crippen molar-refractivity contribution in [2.45, 2.75) is 28.8 Å². The van der Waals surface area contributed by atoms with Gasteiger partial charge < -0.3 is 19.8 Å². The van der Waals surface area contributed by atoms with Crippen molar-refractivity contribution >= 4 is 68.1 Å². The van der Waals surface area contributed by atoms with E-state index in [0.717, 1.165) is 43.3 Å². The number of ether oxygens (including phenoxy) is 2. The molecule has 2 N–H and O–H groups in total. The number of H-pyrrole nitrogens is 1. The summed E-state index contributed by atoms with van der Waals surface area (Å²) in [4.78, 5) is 58.1. The summed E-state index contributed by atoms with van der Waals surface area (Å²) in [6.07, 6.45) is -4.04. The van der Waals surface area contributed by atoms with E-state index in [9.17, 15) is 32.3 Å². The quantitative estimate of drug-likeness (QED) is 0.196. The van der Waals surface area contributed by atoms with Crippen molar-refractivity contribution in [3.8, 4) is 11.5 Å².